The second kappa shape index (κ2) is 8.13. The molecule has 26 heavy (non-hydrogen) atoms. The maximum atomic E-state index is 13.5. The highest BCUT2D eigenvalue weighted by molar-refractivity contribution is 6.89. The van der Waals surface area contributed by atoms with Gasteiger partial charge in [0, 0.05) is 6.07 Å². The van der Waals surface area contributed by atoms with Crippen LogP contribution in [-0.2, 0) is 0 Å². The lowest BCUT2D eigenvalue weighted by molar-refractivity contribution is -0.554. The predicted octanol–water partition coefficient (Wildman–Crippen LogP) is 5.57. The first-order valence-electron chi connectivity index (χ1n) is 9.68. The van der Waals surface area contributed by atoms with Gasteiger partial charge in [0.2, 0.25) is 0 Å². The molecule has 0 unspecified atom stereocenters. The van der Waals surface area contributed by atoms with Gasteiger partial charge in [-0.05, 0) is 18.2 Å². The van der Waals surface area contributed by atoms with Crippen molar-refractivity contribution < 1.29 is 9.36 Å². The van der Waals surface area contributed by atoms with Crippen LogP contribution in [-0.4, -0.2) is 12.4 Å². The number of benzene rings is 1. The quantitative estimate of drug-likeness (QED) is 0.510. The number of anilines is 2. The summed E-state index contributed by atoms with van der Waals surface area (Å²) in [5.74, 6) is 0.832. The van der Waals surface area contributed by atoms with Crippen LogP contribution in [0.15, 0.2) is 48.7 Å². The van der Waals surface area contributed by atoms with E-state index < -0.39 is 6.42 Å². The average molecular weight is 372 g/mol. The second-order valence-electron chi connectivity index (χ2n) is 7.21. The minimum atomic E-state index is -1.25. The molecule has 0 saturated carbocycles. The number of nitrogens with one attached hydrogen (secondary N) is 1. The van der Waals surface area contributed by atoms with E-state index in [9.17, 15) is 4.79 Å². The number of amides is 1. The van der Waals surface area contributed by atoms with Gasteiger partial charge in [0.15, 0.2) is 5.82 Å². The zero-order valence-corrected chi connectivity index (χ0v) is 16.4. The molecule has 0 spiro atoms. The molecule has 1 N–H and O–H groups in total. The van der Waals surface area contributed by atoms with Gasteiger partial charge < -0.3 is 10.0 Å². The van der Waals surface area contributed by atoms with E-state index in [-0.39, 0.29) is 6.03 Å². The van der Waals surface area contributed by atoms with Gasteiger partial charge in [-0.3, -0.25) is 0 Å². The van der Waals surface area contributed by atoms with Gasteiger partial charge in [-0.1, -0.05) is 69.3 Å². The van der Waals surface area contributed by atoms with Crippen molar-refractivity contribution in [2.24, 2.45) is 0 Å². The standard InChI is InChI=1S/C20H26BClN3O/c1-3-5-14-21(15-6-4-2)23-19-13-12-17(22)16-24(19)20(26)25(21)18-10-8-7-9-11-18/h7-13,16H,3-6,14-15H2,1-2H3/q-1/p+1. The molecule has 0 radical (unpaired) electrons. The number of aromatic nitrogens is 1. The van der Waals surface area contributed by atoms with Gasteiger partial charge in [0.05, 0.1) is 16.9 Å². The molecule has 6 heteroatoms. The van der Waals surface area contributed by atoms with E-state index in [1.807, 2.05) is 47.3 Å². The monoisotopic (exact) mass is 371 g/mol. The van der Waals surface area contributed by atoms with Crippen LogP contribution in [0.5, 0.6) is 0 Å². The molecule has 0 saturated heterocycles. The van der Waals surface area contributed by atoms with Crippen LogP contribution in [0.4, 0.5) is 16.3 Å². The van der Waals surface area contributed by atoms with E-state index >= 15 is 0 Å². The van der Waals surface area contributed by atoms with Crippen LogP contribution in [0.2, 0.25) is 17.7 Å². The number of carbonyl (C=O) groups is 1. The molecule has 1 aliphatic heterocycles. The third-order valence-corrected chi connectivity index (χ3v) is 5.56. The summed E-state index contributed by atoms with van der Waals surface area (Å²) in [6.45, 7) is 4.40. The molecule has 4 nitrogen and oxygen atoms in total. The Balaban J connectivity index is 2.13. The third kappa shape index (κ3) is 3.59. The van der Waals surface area contributed by atoms with Crippen LogP contribution in [0.3, 0.4) is 0 Å². The van der Waals surface area contributed by atoms with Crippen LogP contribution in [0, 0.1) is 0 Å². The first kappa shape index (κ1) is 18.8. The lowest BCUT2D eigenvalue weighted by atomic mass is 9.38. The fraction of sp³-hybridized carbons (Fsp3) is 0.400. The summed E-state index contributed by atoms with van der Waals surface area (Å²) in [6, 6.07) is 13.7. The molecule has 0 fully saturated rings. The Morgan fingerprint density at radius 3 is 2.31 bits per heavy atom. The van der Waals surface area contributed by atoms with Crippen molar-refractivity contribution in [1.82, 2.24) is 0 Å². The fourth-order valence-corrected chi connectivity index (χ4v) is 4.19. The smallest absolute Gasteiger partial charge is 0.406 e. The molecular formula is C20H27BClN3O. The lowest BCUT2D eigenvalue weighted by Gasteiger charge is -2.48. The number of hydrogen-bond donors (Lipinski definition) is 1. The average Bonchev–Trinajstić information content (AvgIpc) is 2.66. The zero-order chi connectivity index (χ0) is 18.6. The molecule has 0 aliphatic carbocycles. The highest BCUT2D eigenvalue weighted by Crippen LogP contribution is 2.34. The molecular weight excluding hydrogens is 345 g/mol. The summed E-state index contributed by atoms with van der Waals surface area (Å²) in [5, 5.41) is 4.31. The van der Waals surface area contributed by atoms with Crippen LogP contribution in [0.1, 0.15) is 39.5 Å². The zero-order valence-electron chi connectivity index (χ0n) is 15.6. The maximum Gasteiger partial charge on any atom is 0.406 e. The number of fused-ring (bicyclic) bond motifs is 1. The van der Waals surface area contributed by atoms with Crippen molar-refractivity contribution in [3.63, 3.8) is 0 Å². The minimum Gasteiger partial charge on any atom is -0.460 e. The largest absolute Gasteiger partial charge is 0.460 e. The van der Waals surface area contributed by atoms with Crippen LogP contribution in [0.25, 0.3) is 0 Å². The summed E-state index contributed by atoms with van der Waals surface area (Å²) >= 11 is 6.16. The maximum absolute atomic E-state index is 13.5. The van der Waals surface area contributed by atoms with E-state index in [2.05, 4.69) is 19.1 Å². The molecule has 1 aromatic heterocycles. The molecule has 3 rings (SSSR count). The van der Waals surface area contributed by atoms with Crippen molar-refractivity contribution in [1.29, 1.82) is 0 Å². The second-order valence-corrected chi connectivity index (χ2v) is 7.65. The molecule has 2 aromatic rings. The number of unbranched alkanes of at least 4 members (excludes halogenated alkanes) is 2. The van der Waals surface area contributed by atoms with E-state index in [1.165, 1.54) is 0 Å². The number of carbonyl (C=O) groups excluding carboxylic acids is 1. The Morgan fingerprint density at radius 2 is 1.69 bits per heavy atom. The highest BCUT2D eigenvalue weighted by Gasteiger charge is 2.47. The summed E-state index contributed by atoms with van der Waals surface area (Å²) in [4.78, 5) is 15.5. The number of halogens is 1. The Morgan fingerprint density at radius 1 is 1.04 bits per heavy atom. The Hall–Kier alpha value is -2.01. The number of para-hydroxylation sites is 1. The van der Waals surface area contributed by atoms with E-state index in [0.29, 0.717) is 5.02 Å². The van der Waals surface area contributed by atoms with E-state index in [0.717, 1.165) is 49.8 Å². The van der Waals surface area contributed by atoms with Crippen LogP contribution < -0.4 is 14.6 Å². The molecule has 1 aliphatic rings. The molecule has 138 valence electrons. The fourth-order valence-electron chi connectivity index (χ4n) is 4.03. The Labute approximate surface area is 161 Å². The molecule has 1 amide bonds. The Bertz CT molecular complexity index is 761. The first-order chi connectivity index (χ1) is 12.6. The Kier molecular flexibility index (Phi) is 5.87. The summed E-state index contributed by atoms with van der Waals surface area (Å²) in [6.07, 6.45) is 6.77. The summed E-state index contributed by atoms with van der Waals surface area (Å²) < 4.78 is 1.63. The summed E-state index contributed by atoms with van der Waals surface area (Å²) in [7, 11) is 0. The van der Waals surface area contributed by atoms with Gasteiger partial charge in [0.25, 0.3) is 0 Å². The van der Waals surface area contributed by atoms with Gasteiger partial charge in [-0.2, -0.15) is 4.57 Å². The molecule has 2 heterocycles. The first-order valence-corrected chi connectivity index (χ1v) is 10.1. The van der Waals surface area contributed by atoms with Crippen molar-refractivity contribution in [2.45, 2.75) is 52.2 Å². The number of hydrogen-bond acceptors (Lipinski definition) is 2. The summed E-state index contributed by atoms with van der Waals surface area (Å²) in [5.41, 5.74) is 0.940. The highest BCUT2D eigenvalue weighted by atomic mass is 35.5. The lowest BCUT2D eigenvalue weighted by Crippen LogP contribution is -2.74. The van der Waals surface area contributed by atoms with Crippen molar-refractivity contribution >= 4 is 35.6 Å². The molecule has 1 aromatic carbocycles. The molecule has 0 atom stereocenters. The minimum absolute atomic E-state index is 0.0281. The van der Waals surface area contributed by atoms with E-state index in [1.54, 1.807) is 10.8 Å². The van der Waals surface area contributed by atoms with E-state index in [4.69, 9.17) is 11.6 Å². The van der Waals surface area contributed by atoms with Gasteiger partial charge >= 0.3 is 12.4 Å². The van der Waals surface area contributed by atoms with Crippen molar-refractivity contribution in [3.05, 3.63) is 53.7 Å². The molecule has 0 bridgehead atoms. The SMILES string of the molecule is CCCC[B-]1(CCCC)Nc2ccc(Cl)c[n+]2C(=O)N1c1ccccc1. The van der Waals surface area contributed by atoms with Gasteiger partial charge in [-0.25, -0.2) is 4.79 Å². The van der Waals surface area contributed by atoms with Gasteiger partial charge in [0.1, 0.15) is 0 Å². The van der Waals surface area contributed by atoms with Gasteiger partial charge in [-0.15, -0.1) is 12.6 Å². The number of rotatable bonds is 7. The van der Waals surface area contributed by atoms with Crippen molar-refractivity contribution in [3.8, 4) is 0 Å². The third-order valence-electron chi connectivity index (χ3n) is 5.34. The number of pyridine rings is 1. The van der Waals surface area contributed by atoms with Crippen LogP contribution >= 0.6 is 11.6 Å². The predicted molar refractivity (Wildman–Crippen MR) is 110 cm³/mol. The number of nitrogens with zero attached hydrogens (tertiary/aromatic N) is 2. The normalized spacial score (nSPS) is 15.5. The topological polar surface area (TPSA) is 36.2 Å². The van der Waals surface area contributed by atoms with Crippen molar-refractivity contribution in [2.75, 3.05) is 10.0 Å².